The van der Waals surface area contributed by atoms with Crippen LogP contribution in [0.3, 0.4) is 0 Å². The van der Waals surface area contributed by atoms with Crippen LogP contribution in [0, 0.1) is 12.8 Å². The minimum Gasteiger partial charge on any atom is -0.312 e. The lowest BCUT2D eigenvalue weighted by Crippen LogP contribution is -2.18. The predicted octanol–water partition coefficient (Wildman–Crippen LogP) is 4.49. The van der Waals surface area contributed by atoms with Gasteiger partial charge in [0.1, 0.15) is 0 Å². The average molecular weight is 306 g/mol. The summed E-state index contributed by atoms with van der Waals surface area (Å²) >= 11 is 3.57. The highest BCUT2D eigenvalue weighted by Crippen LogP contribution is 2.23. The summed E-state index contributed by atoms with van der Waals surface area (Å²) in [6.07, 6.45) is 0. The van der Waals surface area contributed by atoms with Crippen LogP contribution >= 0.6 is 23.1 Å². The van der Waals surface area contributed by atoms with Crippen molar-refractivity contribution >= 4 is 23.1 Å². The van der Waals surface area contributed by atoms with E-state index in [-0.39, 0.29) is 0 Å². The number of thioether (sulfide) groups is 1. The Morgan fingerprint density at radius 1 is 1.25 bits per heavy atom. The van der Waals surface area contributed by atoms with Crippen molar-refractivity contribution in [3.8, 4) is 0 Å². The molecule has 0 bridgehead atoms. The van der Waals surface area contributed by atoms with Crippen molar-refractivity contribution in [2.24, 2.45) is 5.92 Å². The maximum atomic E-state index is 4.49. The van der Waals surface area contributed by atoms with E-state index in [9.17, 15) is 0 Å². The molecule has 0 amide bonds. The Balaban J connectivity index is 1.79. The van der Waals surface area contributed by atoms with Gasteiger partial charge in [0.25, 0.3) is 0 Å². The van der Waals surface area contributed by atoms with Gasteiger partial charge >= 0.3 is 0 Å². The maximum Gasteiger partial charge on any atom is 0.0897 e. The van der Waals surface area contributed by atoms with E-state index in [2.05, 4.69) is 60.7 Å². The Labute approximate surface area is 130 Å². The second kappa shape index (κ2) is 7.81. The molecule has 2 nitrogen and oxygen atoms in total. The van der Waals surface area contributed by atoms with Gasteiger partial charge in [0.2, 0.25) is 0 Å². The zero-order valence-corrected chi connectivity index (χ0v) is 14.0. The van der Waals surface area contributed by atoms with Crippen LogP contribution in [0.5, 0.6) is 0 Å². The fraction of sp³-hybridized carbons (Fsp3) is 0.438. The molecule has 1 N–H and O–H groups in total. The molecular weight excluding hydrogens is 284 g/mol. The van der Waals surface area contributed by atoms with Crippen LogP contribution in [0.2, 0.25) is 0 Å². The van der Waals surface area contributed by atoms with Gasteiger partial charge < -0.3 is 5.32 Å². The molecule has 0 aliphatic carbocycles. The maximum absolute atomic E-state index is 4.49. The summed E-state index contributed by atoms with van der Waals surface area (Å²) < 4.78 is 0. The van der Waals surface area contributed by atoms with Crippen LogP contribution in [0.4, 0.5) is 0 Å². The molecule has 2 aromatic rings. The molecule has 0 radical (unpaired) electrons. The van der Waals surface area contributed by atoms with E-state index in [0.29, 0.717) is 5.92 Å². The highest BCUT2D eigenvalue weighted by molar-refractivity contribution is 7.98. The molecule has 0 aliphatic rings. The summed E-state index contributed by atoms with van der Waals surface area (Å²) in [7, 11) is 0. The van der Waals surface area contributed by atoms with Gasteiger partial charge in [0.15, 0.2) is 0 Å². The van der Waals surface area contributed by atoms with Gasteiger partial charge in [-0.1, -0.05) is 26.0 Å². The normalized spacial score (nSPS) is 11.2. The third-order valence-electron chi connectivity index (χ3n) is 2.86. The van der Waals surface area contributed by atoms with Gasteiger partial charge in [-0.05, 0) is 37.1 Å². The number of rotatable bonds is 7. The number of benzene rings is 1. The second-order valence-electron chi connectivity index (χ2n) is 5.32. The molecule has 4 heteroatoms. The number of aryl methyl sites for hydroxylation is 1. The van der Waals surface area contributed by atoms with E-state index >= 15 is 0 Å². The number of nitrogens with one attached hydrogen (secondary N) is 1. The van der Waals surface area contributed by atoms with E-state index in [1.54, 1.807) is 11.3 Å². The SMILES string of the molecule is Cc1nc(CSc2ccc(CNCC(C)C)cc2)cs1. The van der Waals surface area contributed by atoms with Crippen molar-refractivity contribution in [1.29, 1.82) is 0 Å². The molecule has 0 unspecified atom stereocenters. The summed E-state index contributed by atoms with van der Waals surface area (Å²) in [5.74, 6) is 1.65. The van der Waals surface area contributed by atoms with Crippen molar-refractivity contribution < 1.29 is 0 Å². The quantitative estimate of drug-likeness (QED) is 0.763. The lowest BCUT2D eigenvalue weighted by Gasteiger charge is -2.08. The monoisotopic (exact) mass is 306 g/mol. The number of thiazole rings is 1. The lowest BCUT2D eigenvalue weighted by atomic mass is 10.2. The van der Waals surface area contributed by atoms with Crippen molar-refractivity contribution in [1.82, 2.24) is 10.3 Å². The summed E-state index contributed by atoms with van der Waals surface area (Å²) in [6.45, 7) is 8.53. The van der Waals surface area contributed by atoms with Crippen LogP contribution in [-0.2, 0) is 12.3 Å². The van der Waals surface area contributed by atoms with Gasteiger partial charge in [-0.25, -0.2) is 4.98 Å². The summed E-state index contributed by atoms with van der Waals surface area (Å²) in [6, 6.07) is 8.83. The van der Waals surface area contributed by atoms with E-state index in [0.717, 1.165) is 23.8 Å². The molecular formula is C16H22N2S2. The van der Waals surface area contributed by atoms with Crippen molar-refractivity contribution in [3.63, 3.8) is 0 Å². The Kier molecular flexibility index (Phi) is 6.07. The lowest BCUT2D eigenvalue weighted by molar-refractivity contribution is 0.552. The van der Waals surface area contributed by atoms with Crippen LogP contribution in [0.15, 0.2) is 34.5 Å². The zero-order valence-electron chi connectivity index (χ0n) is 12.3. The Morgan fingerprint density at radius 3 is 2.60 bits per heavy atom. The zero-order chi connectivity index (χ0) is 14.4. The van der Waals surface area contributed by atoms with E-state index in [1.165, 1.54) is 16.2 Å². The first-order chi connectivity index (χ1) is 9.63. The number of hydrogen-bond donors (Lipinski definition) is 1. The molecule has 1 heterocycles. The molecule has 2 rings (SSSR count). The summed E-state index contributed by atoms with van der Waals surface area (Å²) in [5.41, 5.74) is 2.53. The second-order valence-corrected chi connectivity index (χ2v) is 7.43. The standard InChI is InChI=1S/C16H22N2S2/c1-12(2)8-17-9-14-4-6-16(7-5-14)20-11-15-10-19-13(3)18-15/h4-7,10,12,17H,8-9,11H2,1-3H3. The fourth-order valence-corrected chi connectivity index (χ4v) is 3.35. The summed E-state index contributed by atoms with van der Waals surface area (Å²) in [5, 5.41) is 6.76. The molecule has 0 saturated heterocycles. The number of hydrogen-bond acceptors (Lipinski definition) is 4. The first kappa shape index (κ1) is 15.5. The average Bonchev–Trinajstić information content (AvgIpc) is 2.83. The number of nitrogens with zero attached hydrogens (tertiary/aromatic N) is 1. The van der Waals surface area contributed by atoms with Crippen LogP contribution in [0.1, 0.15) is 30.1 Å². The largest absolute Gasteiger partial charge is 0.312 e. The van der Waals surface area contributed by atoms with Gasteiger partial charge in [-0.3, -0.25) is 0 Å². The van der Waals surface area contributed by atoms with Gasteiger partial charge in [-0.15, -0.1) is 23.1 Å². The Bertz CT molecular complexity index is 518. The topological polar surface area (TPSA) is 24.9 Å². The van der Waals surface area contributed by atoms with Crippen LogP contribution in [0.25, 0.3) is 0 Å². The minimum absolute atomic E-state index is 0.700. The smallest absolute Gasteiger partial charge is 0.0897 e. The number of aromatic nitrogens is 1. The van der Waals surface area contributed by atoms with Crippen LogP contribution in [-0.4, -0.2) is 11.5 Å². The Hall–Kier alpha value is -0.840. The van der Waals surface area contributed by atoms with Crippen LogP contribution < -0.4 is 5.32 Å². The molecule has 0 spiro atoms. The van der Waals surface area contributed by atoms with E-state index in [4.69, 9.17) is 0 Å². The molecule has 1 aromatic carbocycles. The van der Waals surface area contributed by atoms with E-state index in [1.807, 2.05) is 11.8 Å². The van der Waals surface area contributed by atoms with Gasteiger partial charge in [0.05, 0.1) is 10.7 Å². The minimum atomic E-state index is 0.700. The molecule has 0 aliphatic heterocycles. The molecule has 0 fully saturated rings. The van der Waals surface area contributed by atoms with E-state index < -0.39 is 0 Å². The Morgan fingerprint density at radius 2 is 2.00 bits per heavy atom. The molecule has 0 saturated carbocycles. The van der Waals surface area contributed by atoms with Crippen molar-refractivity contribution in [3.05, 3.63) is 45.9 Å². The highest BCUT2D eigenvalue weighted by atomic mass is 32.2. The predicted molar refractivity (Wildman–Crippen MR) is 89.4 cm³/mol. The third-order valence-corrected chi connectivity index (χ3v) is 4.73. The highest BCUT2D eigenvalue weighted by Gasteiger charge is 2.01. The molecule has 1 aromatic heterocycles. The third kappa shape index (κ3) is 5.27. The first-order valence-corrected chi connectivity index (χ1v) is 8.83. The van der Waals surface area contributed by atoms with Crippen molar-refractivity contribution in [2.75, 3.05) is 6.54 Å². The van der Waals surface area contributed by atoms with Gasteiger partial charge in [0, 0.05) is 22.6 Å². The fourth-order valence-electron chi connectivity index (χ4n) is 1.84. The molecule has 20 heavy (non-hydrogen) atoms. The summed E-state index contributed by atoms with van der Waals surface area (Å²) in [4.78, 5) is 5.80. The van der Waals surface area contributed by atoms with Gasteiger partial charge in [-0.2, -0.15) is 0 Å². The molecule has 0 atom stereocenters. The van der Waals surface area contributed by atoms with Crippen molar-refractivity contribution in [2.45, 2.75) is 38.0 Å². The first-order valence-electron chi connectivity index (χ1n) is 6.97. The molecule has 108 valence electrons.